The van der Waals surface area contributed by atoms with E-state index in [1.54, 1.807) is 19.0 Å². The van der Waals surface area contributed by atoms with Gasteiger partial charge in [0.2, 0.25) is 5.91 Å². The molecule has 3 nitrogen and oxygen atoms in total. The SMILES string of the molecule is CCC(C)C(C)N[C@H](C)C(=O)N(C)C. The van der Waals surface area contributed by atoms with Crippen LogP contribution in [0.25, 0.3) is 0 Å². The maximum atomic E-state index is 11.6. The van der Waals surface area contributed by atoms with Crippen LogP contribution in [0.4, 0.5) is 0 Å². The normalized spacial score (nSPS) is 17.3. The second kappa shape index (κ2) is 6.02. The minimum absolute atomic E-state index is 0.0889. The molecule has 14 heavy (non-hydrogen) atoms. The second-order valence-corrected chi connectivity index (χ2v) is 4.30. The molecule has 1 N–H and O–H groups in total. The minimum atomic E-state index is -0.0889. The maximum Gasteiger partial charge on any atom is 0.238 e. The van der Waals surface area contributed by atoms with Gasteiger partial charge in [0.05, 0.1) is 6.04 Å². The number of nitrogens with zero attached hydrogens (tertiary/aromatic N) is 1. The van der Waals surface area contributed by atoms with Crippen LogP contribution in [0.3, 0.4) is 0 Å². The molecule has 0 saturated heterocycles. The van der Waals surface area contributed by atoms with Gasteiger partial charge in [-0.15, -0.1) is 0 Å². The van der Waals surface area contributed by atoms with E-state index in [-0.39, 0.29) is 11.9 Å². The minimum Gasteiger partial charge on any atom is -0.347 e. The zero-order chi connectivity index (χ0) is 11.3. The molecule has 0 spiro atoms. The molecule has 0 aromatic rings. The van der Waals surface area contributed by atoms with Gasteiger partial charge in [-0.2, -0.15) is 0 Å². The fourth-order valence-electron chi connectivity index (χ4n) is 1.37. The van der Waals surface area contributed by atoms with Crippen molar-refractivity contribution in [3.63, 3.8) is 0 Å². The molecule has 3 heteroatoms. The van der Waals surface area contributed by atoms with Crippen LogP contribution < -0.4 is 5.32 Å². The van der Waals surface area contributed by atoms with Crippen molar-refractivity contribution in [2.45, 2.75) is 46.2 Å². The summed E-state index contributed by atoms with van der Waals surface area (Å²) >= 11 is 0. The van der Waals surface area contributed by atoms with Gasteiger partial charge in [-0.25, -0.2) is 0 Å². The monoisotopic (exact) mass is 200 g/mol. The number of carbonyl (C=O) groups is 1. The summed E-state index contributed by atoms with van der Waals surface area (Å²) in [4.78, 5) is 13.2. The van der Waals surface area contributed by atoms with E-state index in [2.05, 4.69) is 26.1 Å². The van der Waals surface area contributed by atoms with Crippen molar-refractivity contribution in [1.29, 1.82) is 0 Å². The molecule has 1 amide bonds. The molecular weight excluding hydrogens is 176 g/mol. The first-order chi connectivity index (χ1) is 6.40. The van der Waals surface area contributed by atoms with Crippen molar-refractivity contribution in [3.8, 4) is 0 Å². The third-order valence-electron chi connectivity index (χ3n) is 2.82. The quantitative estimate of drug-likeness (QED) is 0.729. The van der Waals surface area contributed by atoms with Crippen LogP contribution in [0.15, 0.2) is 0 Å². The molecule has 0 fully saturated rings. The van der Waals surface area contributed by atoms with E-state index in [4.69, 9.17) is 0 Å². The number of rotatable bonds is 5. The van der Waals surface area contributed by atoms with Crippen molar-refractivity contribution in [1.82, 2.24) is 10.2 Å². The first-order valence-corrected chi connectivity index (χ1v) is 5.37. The predicted octanol–water partition coefficient (Wildman–Crippen LogP) is 1.49. The molecule has 0 radical (unpaired) electrons. The largest absolute Gasteiger partial charge is 0.347 e. The van der Waals surface area contributed by atoms with Gasteiger partial charge in [0, 0.05) is 20.1 Å². The van der Waals surface area contributed by atoms with E-state index >= 15 is 0 Å². The summed E-state index contributed by atoms with van der Waals surface area (Å²) in [5.74, 6) is 0.743. The lowest BCUT2D eigenvalue weighted by atomic mass is 10.00. The average molecular weight is 200 g/mol. The highest BCUT2D eigenvalue weighted by Gasteiger charge is 2.18. The van der Waals surface area contributed by atoms with E-state index in [9.17, 15) is 4.79 Å². The summed E-state index contributed by atoms with van der Waals surface area (Å²) in [5.41, 5.74) is 0. The molecule has 0 heterocycles. The number of carbonyl (C=O) groups excluding carboxylic acids is 1. The van der Waals surface area contributed by atoms with Gasteiger partial charge in [-0.05, 0) is 19.8 Å². The van der Waals surface area contributed by atoms with E-state index in [0.29, 0.717) is 12.0 Å². The Bertz CT molecular complexity index is 180. The summed E-state index contributed by atoms with van der Waals surface area (Å²) in [6.45, 7) is 8.42. The van der Waals surface area contributed by atoms with Crippen LogP contribution in [0, 0.1) is 5.92 Å². The molecule has 0 bridgehead atoms. The smallest absolute Gasteiger partial charge is 0.238 e. The molecule has 0 aromatic carbocycles. The molecular formula is C11H24N2O. The third-order valence-corrected chi connectivity index (χ3v) is 2.82. The van der Waals surface area contributed by atoms with Gasteiger partial charge in [0.1, 0.15) is 0 Å². The number of amides is 1. The highest BCUT2D eigenvalue weighted by Crippen LogP contribution is 2.07. The summed E-state index contributed by atoms with van der Waals surface area (Å²) in [7, 11) is 3.57. The van der Waals surface area contributed by atoms with E-state index < -0.39 is 0 Å². The summed E-state index contributed by atoms with van der Waals surface area (Å²) in [6, 6.07) is 0.299. The van der Waals surface area contributed by atoms with E-state index in [1.807, 2.05) is 6.92 Å². The molecule has 0 aromatic heterocycles. The number of hydrogen-bond acceptors (Lipinski definition) is 2. The van der Waals surface area contributed by atoms with Gasteiger partial charge < -0.3 is 10.2 Å². The van der Waals surface area contributed by atoms with Crippen molar-refractivity contribution in [2.75, 3.05) is 14.1 Å². The Kier molecular flexibility index (Phi) is 5.77. The van der Waals surface area contributed by atoms with Crippen molar-refractivity contribution < 1.29 is 4.79 Å². The van der Waals surface area contributed by atoms with Crippen molar-refractivity contribution in [2.24, 2.45) is 5.92 Å². The number of likely N-dealkylation sites (N-methyl/N-ethyl adjacent to an activating group) is 1. The second-order valence-electron chi connectivity index (χ2n) is 4.30. The van der Waals surface area contributed by atoms with Gasteiger partial charge in [-0.1, -0.05) is 20.3 Å². The molecule has 0 saturated carbocycles. The van der Waals surface area contributed by atoms with Crippen molar-refractivity contribution in [3.05, 3.63) is 0 Å². The van der Waals surface area contributed by atoms with E-state index in [1.165, 1.54) is 0 Å². The van der Waals surface area contributed by atoms with Gasteiger partial charge in [-0.3, -0.25) is 4.79 Å². The third kappa shape index (κ3) is 4.09. The lowest BCUT2D eigenvalue weighted by molar-refractivity contribution is -0.130. The standard InChI is InChI=1S/C11H24N2O/c1-7-8(2)9(3)12-10(4)11(14)13(5)6/h8-10,12H,7H2,1-6H3/t8?,9?,10-/m1/s1. The molecule has 3 atom stereocenters. The Morgan fingerprint density at radius 3 is 2.14 bits per heavy atom. The number of nitrogens with one attached hydrogen (secondary N) is 1. The highest BCUT2D eigenvalue weighted by atomic mass is 16.2. The summed E-state index contributed by atoms with van der Waals surface area (Å²) in [5, 5.41) is 3.32. The Labute approximate surface area is 87.9 Å². The van der Waals surface area contributed by atoms with Crippen LogP contribution in [0.1, 0.15) is 34.1 Å². The fourth-order valence-corrected chi connectivity index (χ4v) is 1.37. The fraction of sp³-hybridized carbons (Fsp3) is 0.909. The first kappa shape index (κ1) is 13.4. The Morgan fingerprint density at radius 2 is 1.79 bits per heavy atom. The first-order valence-electron chi connectivity index (χ1n) is 5.37. The highest BCUT2D eigenvalue weighted by molar-refractivity contribution is 5.80. The molecule has 0 aliphatic rings. The Hall–Kier alpha value is -0.570. The number of hydrogen-bond donors (Lipinski definition) is 1. The van der Waals surface area contributed by atoms with Crippen LogP contribution in [-0.2, 0) is 4.79 Å². The van der Waals surface area contributed by atoms with Crippen LogP contribution in [0.2, 0.25) is 0 Å². The van der Waals surface area contributed by atoms with Gasteiger partial charge in [0.15, 0.2) is 0 Å². The van der Waals surface area contributed by atoms with Crippen LogP contribution in [0.5, 0.6) is 0 Å². The van der Waals surface area contributed by atoms with Crippen LogP contribution >= 0.6 is 0 Å². The van der Waals surface area contributed by atoms with Crippen molar-refractivity contribution >= 4 is 5.91 Å². The average Bonchev–Trinajstić information content (AvgIpc) is 2.14. The lowest BCUT2D eigenvalue weighted by Gasteiger charge is -2.25. The molecule has 84 valence electrons. The molecule has 0 rings (SSSR count). The van der Waals surface area contributed by atoms with Gasteiger partial charge >= 0.3 is 0 Å². The zero-order valence-electron chi connectivity index (χ0n) is 10.3. The molecule has 0 aliphatic heterocycles. The summed E-state index contributed by atoms with van der Waals surface area (Å²) < 4.78 is 0. The van der Waals surface area contributed by atoms with Crippen LogP contribution in [-0.4, -0.2) is 37.0 Å². The molecule has 2 unspecified atom stereocenters. The van der Waals surface area contributed by atoms with E-state index in [0.717, 1.165) is 6.42 Å². The molecule has 0 aliphatic carbocycles. The Morgan fingerprint density at radius 1 is 1.29 bits per heavy atom. The van der Waals surface area contributed by atoms with Gasteiger partial charge in [0.25, 0.3) is 0 Å². The predicted molar refractivity (Wildman–Crippen MR) is 60.2 cm³/mol. The lowest BCUT2D eigenvalue weighted by Crippen LogP contribution is -2.47. The summed E-state index contributed by atoms with van der Waals surface area (Å²) in [6.07, 6.45) is 1.14. The zero-order valence-corrected chi connectivity index (χ0v) is 10.3. The Balaban J connectivity index is 4.05. The topological polar surface area (TPSA) is 32.3 Å². The maximum absolute atomic E-state index is 11.6.